The molecule has 0 unspecified atom stereocenters. The summed E-state index contributed by atoms with van der Waals surface area (Å²) < 4.78 is 0. The van der Waals surface area contributed by atoms with Gasteiger partial charge in [-0.15, -0.1) is 11.3 Å². The lowest BCUT2D eigenvalue weighted by molar-refractivity contribution is -0.121. The van der Waals surface area contributed by atoms with E-state index in [1.54, 1.807) is 11.3 Å². The average Bonchev–Trinajstić information content (AvgIpc) is 3.33. The smallest absolute Gasteiger partial charge is 0.220 e. The fraction of sp³-hybridized carbons (Fsp3) is 0.227. The number of fused-ring (bicyclic) bond motifs is 1. The van der Waals surface area contributed by atoms with Crippen molar-refractivity contribution < 1.29 is 4.79 Å². The van der Waals surface area contributed by atoms with Crippen molar-refractivity contribution in [2.45, 2.75) is 26.2 Å². The molecule has 2 N–H and O–H groups in total. The molecule has 0 aliphatic rings. The van der Waals surface area contributed by atoms with Gasteiger partial charge in [0.05, 0.1) is 21.7 Å². The van der Waals surface area contributed by atoms with Crippen LogP contribution in [0.4, 0.5) is 0 Å². The van der Waals surface area contributed by atoms with Crippen LogP contribution in [-0.2, 0) is 17.6 Å². The van der Waals surface area contributed by atoms with Gasteiger partial charge in [0.2, 0.25) is 5.91 Å². The standard InChI is InChI=1S/C22H22N4OS/c1-15-24-20(14-28-15)17-8-6-16(7-9-17)12-13-23-22(27)11-10-21-25-18-4-2-3-5-19(18)26-21/h2-9,14H,10-13H2,1H3,(H,23,27)(H,25,26). The Bertz CT molecular complexity index is 1050. The Morgan fingerprint density at radius 2 is 1.89 bits per heavy atom. The number of hydrogen-bond acceptors (Lipinski definition) is 4. The first-order chi connectivity index (χ1) is 13.7. The zero-order chi connectivity index (χ0) is 19.3. The van der Waals surface area contributed by atoms with E-state index in [1.165, 1.54) is 5.56 Å². The summed E-state index contributed by atoms with van der Waals surface area (Å²) in [7, 11) is 0. The zero-order valence-electron chi connectivity index (χ0n) is 15.7. The van der Waals surface area contributed by atoms with Crippen molar-refractivity contribution in [3.05, 3.63) is 70.3 Å². The van der Waals surface area contributed by atoms with Gasteiger partial charge in [-0.25, -0.2) is 9.97 Å². The number of H-pyrrole nitrogens is 1. The van der Waals surface area contributed by atoms with Crippen LogP contribution in [0.25, 0.3) is 22.3 Å². The van der Waals surface area contributed by atoms with Crippen LogP contribution >= 0.6 is 11.3 Å². The number of imidazole rings is 1. The molecular formula is C22H22N4OS. The maximum Gasteiger partial charge on any atom is 0.220 e. The SMILES string of the molecule is Cc1nc(-c2ccc(CCNC(=O)CCc3nc4ccccc4[nH]3)cc2)cs1. The highest BCUT2D eigenvalue weighted by molar-refractivity contribution is 7.09. The van der Waals surface area contributed by atoms with E-state index in [4.69, 9.17) is 0 Å². The molecule has 0 aliphatic heterocycles. The summed E-state index contributed by atoms with van der Waals surface area (Å²) in [5.74, 6) is 0.902. The second-order valence-electron chi connectivity index (χ2n) is 6.75. The molecule has 0 saturated carbocycles. The Hall–Kier alpha value is -2.99. The number of amides is 1. The van der Waals surface area contributed by atoms with Crippen LogP contribution in [0.5, 0.6) is 0 Å². The van der Waals surface area contributed by atoms with E-state index < -0.39 is 0 Å². The van der Waals surface area contributed by atoms with Gasteiger partial charge in [-0.1, -0.05) is 36.4 Å². The van der Waals surface area contributed by atoms with Crippen LogP contribution in [0.2, 0.25) is 0 Å². The van der Waals surface area contributed by atoms with Gasteiger partial charge >= 0.3 is 0 Å². The molecule has 28 heavy (non-hydrogen) atoms. The van der Waals surface area contributed by atoms with Crippen molar-refractivity contribution in [1.29, 1.82) is 0 Å². The molecule has 1 amide bonds. The Balaban J connectivity index is 1.22. The van der Waals surface area contributed by atoms with E-state index in [9.17, 15) is 4.79 Å². The third kappa shape index (κ3) is 4.46. The lowest BCUT2D eigenvalue weighted by atomic mass is 10.1. The quantitative estimate of drug-likeness (QED) is 0.495. The number of aromatic nitrogens is 3. The van der Waals surface area contributed by atoms with Crippen LogP contribution in [0.1, 0.15) is 22.8 Å². The molecule has 4 aromatic rings. The highest BCUT2D eigenvalue weighted by Gasteiger charge is 2.06. The number of carbonyl (C=O) groups is 1. The summed E-state index contributed by atoms with van der Waals surface area (Å²) in [5.41, 5.74) is 5.30. The second-order valence-corrected chi connectivity index (χ2v) is 7.81. The van der Waals surface area contributed by atoms with Crippen molar-refractivity contribution in [3.8, 4) is 11.3 Å². The van der Waals surface area contributed by atoms with Crippen LogP contribution in [-0.4, -0.2) is 27.4 Å². The molecule has 0 atom stereocenters. The number of benzene rings is 2. The summed E-state index contributed by atoms with van der Waals surface area (Å²) in [6.07, 6.45) is 1.86. The van der Waals surface area contributed by atoms with Crippen molar-refractivity contribution in [3.63, 3.8) is 0 Å². The first kappa shape index (κ1) is 18.4. The van der Waals surface area contributed by atoms with E-state index in [0.717, 1.165) is 39.5 Å². The van der Waals surface area contributed by atoms with E-state index in [2.05, 4.69) is 49.9 Å². The molecule has 0 radical (unpaired) electrons. The number of hydrogen-bond donors (Lipinski definition) is 2. The maximum absolute atomic E-state index is 12.1. The molecule has 5 nitrogen and oxygen atoms in total. The summed E-state index contributed by atoms with van der Waals surface area (Å²) in [5, 5.41) is 6.14. The Kier molecular flexibility index (Phi) is 5.48. The molecule has 0 aliphatic carbocycles. The van der Waals surface area contributed by atoms with Crippen LogP contribution < -0.4 is 5.32 Å². The monoisotopic (exact) mass is 390 g/mol. The maximum atomic E-state index is 12.1. The van der Waals surface area contributed by atoms with Gasteiger partial charge in [0, 0.05) is 30.3 Å². The fourth-order valence-corrected chi connectivity index (χ4v) is 3.75. The minimum absolute atomic E-state index is 0.0509. The number of carbonyl (C=O) groups excluding carboxylic acids is 1. The largest absolute Gasteiger partial charge is 0.356 e. The number of aromatic amines is 1. The number of nitrogens with zero attached hydrogens (tertiary/aromatic N) is 2. The van der Waals surface area contributed by atoms with Crippen LogP contribution in [0.3, 0.4) is 0 Å². The first-order valence-electron chi connectivity index (χ1n) is 9.39. The summed E-state index contributed by atoms with van der Waals surface area (Å²) in [6, 6.07) is 16.3. The first-order valence-corrected chi connectivity index (χ1v) is 10.3. The molecule has 2 aromatic carbocycles. The molecule has 0 spiro atoms. The zero-order valence-corrected chi connectivity index (χ0v) is 16.6. The van der Waals surface area contributed by atoms with E-state index >= 15 is 0 Å². The number of nitrogens with one attached hydrogen (secondary N) is 2. The van der Waals surface area contributed by atoms with Crippen LogP contribution in [0, 0.1) is 6.92 Å². The Morgan fingerprint density at radius 3 is 2.64 bits per heavy atom. The third-order valence-corrected chi connectivity index (χ3v) is 5.41. The molecule has 142 valence electrons. The minimum atomic E-state index is 0.0509. The normalized spacial score (nSPS) is 11.0. The third-order valence-electron chi connectivity index (χ3n) is 4.63. The van der Waals surface area contributed by atoms with Gasteiger partial charge in [-0.3, -0.25) is 4.79 Å². The van der Waals surface area contributed by atoms with Crippen molar-refractivity contribution >= 4 is 28.3 Å². The lowest BCUT2D eigenvalue weighted by Crippen LogP contribution is -2.26. The van der Waals surface area contributed by atoms with Gasteiger partial charge in [-0.2, -0.15) is 0 Å². The minimum Gasteiger partial charge on any atom is -0.356 e. The summed E-state index contributed by atoms with van der Waals surface area (Å²) in [6.45, 7) is 2.65. The Labute approximate surface area is 167 Å². The molecule has 4 rings (SSSR count). The van der Waals surface area contributed by atoms with Gasteiger partial charge in [0.15, 0.2) is 0 Å². The summed E-state index contributed by atoms with van der Waals surface area (Å²) >= 11 is 1.66. The molecular weight excluding hydrogens is 368 g/mol. The average molecular weight is 391 g/mol. The van der Waals surface area contributed by atoms with Crippen molar-refractivity contribution in [1.82, 2.24) is 20.3 Å². The number of thiazole rings is 1. The van der Waals surface area contributed by atoms with E-state index in [1.807, 2.05) is 31.2 Å². The number of rotatable bonds is 7. The number of aryl methyl sites for hydroxylation is 2. The Morgan fingerprint density at radius 1 is 1.07 bits per heavy atom. The predicted octanol–water partition coefficient (Wildman–Crippen LogP) is 4.29. The van der Waals surface area contributed by atoms with Gasteiger partial charge in [0.1, 0.15) is 5.82 Å². The van der Waals surface area contributed by atoms with Crippen molar-refractivity contribution in [2.24, 2.45) is 0 Å². The van der Waals surface area contributed by atoms with Gasteiger partial charge < -0.3 is 10.3 Å². The number of para-hydroxylation sites is 2. The van der Waals surface area contributed by atoms with E-state index in [0.29, 0.717) is 19.4 Å². The molecule has 2 heterocycles. The molecule has 0 bridgehead atoms. The highest BCUT2D eigenvalue weighted by Crippen LogP contribution is 2.21. The molecule has 2 aromatic heterocycles. The second kappa shape index (κ2) is 8.35. The van der Waals surface area contributed by atoms with Gasteiger partial charge in [0.25, 0.3) is 0 Å². The van der Waals surface area contributed by atoms with Crippen molar-refractivity contribution in [2.75, 3.05) is 6.54 Å². The molecule has 6 heteroatoms. The molecule has 0 saturated heterocycles. The predicted molar refractivity (Wildman–Crippen MR) is 113 cm³/mol. The van der Waals surface area contributed by atoms with E-state index in [-0.39, 0.29) is 5.91 Å². The highest BCUT2D eigenvalue weighted by atomic mass is 32.1. The lowest BCUT2D eigenvalue weighted by Gasteiger charge is -2.06. The molecule has 0 fully saturated rings. The fourth-order valence-electron chi connectivity index (χ4n) is 3.13. The summed E-state index contributed by atoms with van der Waals surface area (Å²) in [4.78, 5) is 24.4. The topological polar surface area (TPSA) is 70.7 Å². The van der Waals surface area contributed by atoms with Crippen LogP contribution in [0.15, 0.2) is 53.9 Å². The van der Waals surface area contributed by atoms with Gasteiger partial charge in [-0.05, 0) is 31.0 Å².